The molecule has 2 heterocycles. The molecule has 0 aliphatic carbocycles. The van der Waals surface area contributed by atoms with Crippen molar-refractivity contribution in [2.24, 2.45) is 0 Å². The molecular weight excluding hydrogens is 308 g/mol. The summed E-state index contributed by atoms with van der Waals surface area (Å²) in [5.74, 6) is 0. The van der Waals surface area contributed by atoms with Gasteiger partial charge in [0.2, 0.25) is 0 Å². The number of nitrogens with one attached hydrogen (secondary N) is 1. The Bertz CT molecular complexity index is 940. The predicted octanol–water partition coefficient (Wildman–Crippen LogP) is 4.84. The molecule has 1 fully saturated rings. The SMILES string of the molecule is CC1CCCN1c1ccnc2cc(Nc3ccc(C#N)cc3)ccc12. The van der Waals surface area contributed by atoms with Crippen molar-refractivity contribution in [1.82, 2.24) is 4.98 Å². The summed E-state index contributed by atoms with van der Waals surface area (Å²) < 4.78 is 0. The normalized spacial score (nSPS) is 16.8. The van der Waals surface area contributed by atoms with E-state index in [4.69, 9.17) is 5.26 Å². The van der Waals surface area contributed by atoms with Crippen LogP contribution in [0.3, 0.4) is 0 Å². The van der Waals surface area contributed by atoms with E-state index >= 15 is 0 Å². The van der Waals surface area contributed by atoms with Gasteiger partial charge >= 0.3 is 0 Å². The summed E-state index contributed by atoms with van der Waals surface area (Å²) in [6.45, 7) is 3.41. The summed E-state index contributed by atoms with van der Waals surface area (Å²) in [6.07, 6.45) is 4.40. The van der Waals surface area contributed by atoms with Crippen molar-refractivity contribution >= 4 is 28.0 Å². The lowest BCUT2D eigenvalue weighted by molar-refractivity contribution is 0.736. The Hall–Kier alpha value is -3.06. The molecule has 1 unspecified atom stereocenters. The van der Waals surface area contributed by atoms with E-state index in [1.54, 1.807) is 0 Å². The Balaban J connectivity index is 1.65. The van der Waals surface area contributed by atoms with Crippen LogP contribution in [0.2, 0.25) is 0 Å². The first-order valence-corrected chi connectivity index (χ1v) is 8.67. The lowest BCUT2D eigenvalue weighted by Gasteiger charge is -2.25. The van der Waals surface area contributed by atoms with Gasteiger partial charge in [0, 0.05) is 41.2 Å². The van der Waals surface area contributed by atoms with Crippen molar-refractivity contribution in [2.45, 2.75) is 25.8 Å². The fourth-order valence-electron chi connectivity index (χ4n) is 3.55. The summed E-state index contributed by atoms with van der Waals surface area (Å²) in [4.78, 5) is 7.04. The van der Waals surface area contributed by atoms with Gasteiger partial charge in [0.1, 0.15) is 0 Å². The quantitative estimate of drug-likeness (QED) is 0.747. The first-order chi connectivity index (χ1) is 12.2. The minimum absolute atomic E-state index is 0.585. The monoisotopic (exact) mass is 328 g/mol. The minimum atomic E-state index is 0.585. The molecule has 1 atom stereocenters. The molecule has 0 saturated carbocycles. The maximum Gasteiger partial charge on any atom is 0.0991 e. The Labute approximate surface area is 147 Å². The molecule has 4 heteroatoms. The zero-order chi connectivity index (χ0) is 17.2. The third kappa shape index (κ3) is 3.01. The van der Waals surface area contributed by atoms with E-state index in [0.29, 0.717) is 11.6 Å². The first kappa shape index (κ1) is 15.5. The van der Waals surface area contributed by atoms with Crippen molar-refractivity contribution < 1.29 is 0 Å². The number of rotatable bonds is 3. The number of pyridine rings is 1. The van der Waals surface area contributed by atoms with Gasteiger partial charge in [-0.25, -0.2) is 0 Å². The molecule has 1 aromatic heterocycles. The van der Waals surface area contributed by atoms with Crippen LogP contribution < -0.4 is 10.2 Å². The lowest BCUT2D eigenvalue weighted by atomic mass is 10.1. The molecular formula is C21H20N4. The molecule has 1 N–H and O–H groups in total. The Morgan fingerprint density at radius 3 is 2.64 bits per heavy atom. The summed E-state index contributed by atoms with van der Waals surface area (Å²) in [5.41, 5.74) is 4.89. The molecule has 124 valence electrons. The van der Waals surface area contributed by atoms with Crippen LogP contribution >= 0.6 is 0 Å². The molecule has 1 aliphatic rings. The van der Waals surface area contributed by atoms with Crippen LogP contribution in [0.1, 0.15) is 25.3 Å². The second kappa shape index (κ2) is 6.45. The standard InChI is InChI=1S/C21H20N4/c1-15-3-2-12-25(15)21-10-11-23-20-13-18(8-9-19(20)21)24-17-6-4-16(14-22)5-7-17/h4-11,13,15,24H,2-3,12H2,1H3. The van der Waals surface area contributed by atoms with Crippen LogP contribution in [0.4, 0.5) is 17.1 Å². The molecule has 1 aliphatic heterocycles. The maximum atomic E-state index is 8.89. The van der Waals surface area contributed by atoms with Gasteiger partial charge in [-0.2, -0.15) is 5.26 Å². The number of anilines is 3. The predicted molar refractivity (Wildman–Crippen MR) is 102 cm³/mol. The molecule has 0 spiro atoms. The Morgan fingerprint density at radius 1 is 1.12 bits per heavy atom. The van der Waals surface area contributed by atoms with Crippen LogP contribution in [0.15, 0.2) is 54.7 Å². The van der Waals surface area contributed by atoms with Crippen LogP contribution in [-0.4, -0.2) is 17.6 Å². The van der Waals surface area contributed by atoms with Gasteiger partial charge < -0.3 is 10.2 Å². The van der Waals surface area contributed by atoms with E-state index in [0.717, 1.165) is 23.4 Å². The van der Waals surface area contributed by atoms with Crippen molar-refractivity contribution in [2.75, 3.05) is 16.8 Å². The van der Waals surface area contributed by atoms with Crippen molar-refractivity contribution in [1.29, 1.82) is 5.26 Å². The second-order valence-corrected chi connectivity index (χ2v) is 6.56. The molecule has 0 bridgehead atoms. The summed E-state index contributed by atoms with van der Waals surface area (Å²) in [5, 5.41) is 13.5. The smallest absolute Gasteiger partial charge is 0.0991 e. The van der Waals surface area contributed by atoms with Crippen molar-refractivity contribution in [3.8, 4) is 6.07 Å². The first-order valence-electron chi connectivity index (χ1n) is 8.67. The van der Waals surface area contributed by atoms with E-state index in [1.165, 1.54) is 23.9 Å². The number of nitrogens with zero attached hydrogens (tertiary/aromatic N) is 3. The number of hydrogen-bond acceptors (Lipinski definition) is 4. The Kier molecular flexibility index (Phi) is 3.99. The molecule has 1 saturated heterocycles. The van der Waals surface area contributed by atoms with E-state index in [-0.39, 0.29) is 0 Å². The van der Waals surface area contributed by atoms with E-state index < -0.39 is 0 Å². The van der Waals surface area contributed by atoms with Gasteiger partial charge in [0.25, 0.3) is 0 Å². The molecule has 0 amide bonds. The van der Waals surface area contributed by atoms with E-state index in [2.05, 4.69) is 52.5 Å². The van der Waals surface area contributed by atoms with Crippen LogP contribution in [0.25, 0.3) is 10.9 Å². The van der Waals surface area contributed by atoms with Gasteiger partial charge in [-0.15, -0.1) is 0 Å². The third-order valence-corrected chi connectivity index (χ3v) is 4.88. The molecule has 25 heavy (non-hydrogen) atoms. The van der Waals surface area contributed by atoms with Crippen LogP contribution in [-0.2, 0) is 0 Å². The highest BCUT2D eigenvalue weighted by Crippen LogP contribution is 2.32. The zero-order valence-electron chi connectivity index (χ0n) is 14.2. The maximum absolute atomic E-state index is 8.89. The number of nitriles is 1. The average Bonchev–Trinajstić information content (AvgIpc) is 3.07. The van der Waals surface area contributed by atoms with Gasteiger partial charge in [-0.3, -0.25) is 4.98 Å². The average molecular weight is 328 g/mol. The van der Waals surface area contributed by atoms with Crippen LogP contribution in [0, 0.1) is 11.3 Å². The van der Waals surface area contributed by atoms with E-state index in [9.17, 15) is 0 Å². The second-order valence-electron chi connectivity index (χ2n) is 6.56. The fourth-order valence-corrected chi connectivity index (χ4v) is 3.55. The van der Waals surface area contributed by atoms with Crippen molar-refractivity contribution in [3.63, 3.8) is 0 Å². The van der Waals surface area contributed by atoms with Crippen molar-refractivity contribution in [3.05, 3.63) is 60.3 Å². The van der Waals surface area contributed by atoms with Gasteiger partial charge in [0.05, 0.1) is 17.1 Å². The molecule has 2 aromatic carbocycles. The molecule has 4 rings (SSSR count). The molecule has 4 nitrogen and oxygen atoms in total. The summed E-state index contributed by atoms with van der Waals surface area (Å²) in [6, 6.07) is 18.6. The largest absolute Gasteiger partial charge is 0.368 e. The lowest BCUT2D eigenvalue weighted by Crippen LogP contribution is -2.26. The number of hydrogen-bond donors (Lipinski definition) is 1. The molecule has 0 radical (unpaired) electrons. The third-order valence-electron chi connectivity index (χ3n) is 4.88. The van der Waals surface area contributed by atoms with E-state index in [1.807, 2.05) is 30.5 Å². The highest BCUT2D eigenvalue weighted by Gasteiger charge is 2.22. The highest BCUT2D eigenvalue weighted by atomic mass is 15.2. The summed E-state index contributed by atoms with van der Waals surface area (Å²) >= 11 is 0. The zero-order valence-corrected chi connectivity index (χ0v) is 14.2. The highest BCUT2D eigenvalue weighted by molar-refractivity contribution is 5.94. The number of aromatic nitrogens is 1. The minimum Gasteiger partial charge on any atom is -0.368 e. The fraction of sp³-hybridized carbons (Fsp3) is 0.238. The van der Waals surface area contributed by atoms with Gasteiger partial charge in [-0.05, 0) is 68.3 Å². The summed E-state index contributed by atoms with van der Waals surface area (Å²) in [7, 11) is 0. The van der Waals surface area contributed by atoms with Crippen LogP contribution in [0.5, 0.6) is 0 Å². The topological polar surface area (TPSA) is 52.0 Å². The van der Waals surface area contributed by atoms with Gasteiger partial charge in [-0.1, -0.05) is 0 Å². The van der Waals surface area contributed by atoms with Gasteiger partial charge in [0.15, 0.2) is 0 Å². The number of fused-ring (bicyclic) bond motifs is 1. The number of benzene rings is 2. The Morgan fingerprint density at radius 2 is 1.92 bits per heavy atom. The molecule has 3 aromatic rings.